The second-order valence-electron chi connectivity index (χ2n) is 2.71. The van der Waals surface area contributed by atoms with Crippen LogP contribution in [0, 0.1) is 5.92 Å². The van der Waals surface area contributed by atoms with Crippen LogP contribution >= 0.6 is 0 Å². The van der Waals surface area contributed by atoms with Crippen molar-refractivity contribution in [2.75, 3.05) is 11.5 Å². The minimum absolute atomic E-state index is 0.0150. The van der Waals surface area contributed by atoms with Gasteiger partial charge in [0, 0.05) is 11.7 Å². The molecule has 66 valence electrons. The molecule has 0 aliphatic carbocycles. The average molecular weight is 178 g/mol. The van der Waals surface area contributed by atoms with Crippen molar-refractivity contribution in [1.82, 2.24) is 0 Å². The molecule has 0 saturated carbocycles. The third kappa shape index (κ3) is 4.14. The van der Waals surface area contributed by atoms with Crippen LogP contribution < -0.4 is 0 Å². The molecule has 0 fully saturated rings. The Bertz CT molecular complexity index is 228. The van der Waals surface area contributed by atoms with Gasteiger partial charge in [-0.2, -0.15) is 0 Å². The molecule has 0 aromatic rings. The molecular formula is C7H14O3S. The molecule has 0 rings (SSSR count). The minimum Gasteiger partial charge on any atom is -0.300 e. The zero-order chi connectivity index (χ0) is 9.07. The lowest BCUT2D eigenvalue weighted by Crippen LogP contribution is -2.20. The Morgan fingerprint density at radius 2 is 1.91 bits per heavy atom. The number of sulfone groups is 1. The van der Waals surface area contributed by atoms with Crippen molar-refractivity contribution in [3.63, 3.8) is 0 Å². The highest BCUT2D eigenvalue weighted by molar-refractivity contribution is 7.91. The summed E-state index contributed by atoms with van der Waals surface area (Å²) in [6, 6.07) is 0. The number of carbonyl (C=O) groups is 1. The van der Waals surface area contributed by atoms with E-state index in [1.807, 2.05) is 0 Å². The molecule has 3 nitrogen and oxygen atoms in total. The smallest absolute Gasteiger partial charge is 0.150 e. The number of carbonyl (C=O) groups excluding carboxylic acids is 1. The van der Waals surface area contributed by atoms with Gasteiger partial charge in [-0.1, -0.05) is 13.8 Å². The largest absolute Gasteiger partial charge is 0.300 e. The lowest BCUT2D eigenvalue weighted by atomic mass is 10.1. The molecule has 0 amide bonds. The van der Waals surface area contributed by atoms with E-state index in [0.717, 1.165) is 0 Å². The first-order valence-electron chi connectivity index (χ1n) is 3.60. The van der Waals surface area contributed by atoms with Crippen LogP contribution in [0.15, 0.2) is 0 Å². The Morgan fingerprint density at radius 1 is 1.45 bits per heavy atom. The summed E-state index contributed by atoms with van der Waals surface area (Å²) in [6.07, 6.45) is 0. The molecule has 0 heterocycles. The molecule has 0 spiro atoms. The van der Waals surface area contributed by atoms with Crippen LogP contribution in [-0.2, 0) is 14.6 Å². The summed E-state index contributed by atoms with van der Waals surface area (Å²) in [4.78, 5) is 10.7. The molecule has 0 N–H and O–H groups in total. The minimum atomic E-state index is -2.98. The maximum atomic E-state index is 11.0. The SMILES string of the molecule is CCS(=O)(=O)CC(C)C(C)=O. The quantitative estimate of drug-likeness (QED) is 0.635. The number of ketones is 1. The van der Waals surface area contributed by atoms with Gasteiger partial charge in [-0.05, 0) is 6.92 Å². The predicted molar refractivity (Wildman–Crippen MR) is 44.2 cm³/mol. The highest BCUT2D eigenvalue weighted by atomic mass is 32.2. The molecule has 0 saturated heterocycles. The monoisotopic (exact) mass is 178 g/mol. The summed E-state index contributed by atoms with van der Waals surface area (Å²) in [5.41, 5.74) is 0. The fraction of sp³-hybridized carbons (Fsp3) is 0.857. The standard InChI is InChI=1S/C7H14O3S/c1-4-11(9,10)5-6(2)7(3)8/h6H,4-5H2,1-3H3. The first kappa shape index (κ1) is 10.6. The van der Waals surface area contributed by atoms with E-state index in [2.05, 4.69) is 0 Å². The van der Waals surface area contributed by atoms with Crippen LogP contribution in [0.5, 0.6) is 0 Å². The Labute approximate surface area is 67.7 Å². The van der Waals surface area contributed by atoms with E-state index < -0.39 is 9.84 Å². The van der Waals surface area contributed by atoms with Crippen molar-refractivity contribution in [3.8, 4) is 0 Å². The summed E-state index contributed by atoms with van der Waals surface area (Å²) in [7, 11) is -2.98. The van der Waals surface area contributed by atoms with E-state index in [-0.39, 0.29) is 23.2 Å². The van der Waals surface area contributed by atoms with Gasteiger partial charge in [0.2, 0.25) is 0 Å². The third-order valence-corrected chi connectivity index (χ3v) is 3.53. The van der Waals surface area contributed by atoms with Crippen molar-refractivity contribution < 1.29 is 13.2 Å². The van der Waals surface area contributed by atoms with Crippen LogP contribution in [0.3, 0.4) is 0 Å². The second kappa shape index (κ2) is 3.85. The molecule has 0 bridgehead atoms. The van der Waals surface area contributed by atoms with Crippen molar-refractivity contribution >= 4 is 15.6 Å². The van der Waals surface area contributed by atoms with Gasteiger partial charge in [0.25, 0.3) is 0 Å². The molecule has 0 radical (unpaired) electrons. The Hall–Kier alpha value is -0.380. The van der Waals surface area contributed by atoms with E-state index in [9.17, 15) is 13.2 Å². The molecule has 4 heteroatoms. The topological polar surface area (TPSA) is 51.2 Å². The van der Waals surface area contributed by atoms with Gasteiger partial charge in [-0.3, -0.25) is 4.79 Å². The molecule has 1 unspecified atom stereocenters. The summed E-state index contributed by atoms with van der Waals surface area (Å²) in [5, 5.41) is 0. The van der Waals surface area contributed by atoms with Gasteiger partial charge in [0.15, 0.2) is 9.84 Å². The predicted octanol–water partition coefficient (Wildman–Crippen LogP) is 0.646. The molecule has 0 aliphatic rings. The normalized spacial score (nSPS) is 14.5. The Morgan fingerprint density at radius 3 is 2.18 bits per heavy atom. The first-order chi connectivity index (χ1) is 4.89. The fourth-order valence-electron chi connectivity index (χ4n) is 0.616. The highest BCUT2D eigenvalue weighted by Gasteiger charge is 2.16. The van der Waals surface area contributed by atoms with Crippen molar-refractivity contribution in [2.45, 2.75) is 20.8 Å². The zero-order valence-electron chi connectivity index (χ0n) is 7.12. The maximum absolute atomic E-state index is 11.0. The van der Waals surface area contributed by atoms with E-state index >= 15 is 0 Å². The van der Waals surface area contributed by atoms with Crippen molar-refractivity contribution in [2.24, 2.45) is 5.92 Å². The van der Waals surface area contributed by atoms with E-state index in [1.54, 1.807) is 13.8 Å². The first-order valence-corrected chi connectivity index (χ1v) is 5.42. The number of Topliss-reactive ketones (excluding diaryl/α,β-unsaturated/α-hetero) is 1. The van der Waals surface area contributed by atoms with Gasteiger partial charge in [-0.15, -0.1) is 0 Å². The summed E-state index contributed by atoms with van der Waals surface area (Å²) < 4.78 is 21.9. The van der Waals surface area contributed by atoms with Crippen LogP contribution in [0.1, 0.15) is 20.8 Å². The molecule has 0 aliphatic heterocycles. The van der Waals surface area contributed by atoms with Gasteiger partial charge in [0.1, 0.15) is 5.78 Å². The van der Waals surface area contributed by atoms with Crippen LogP contribution in [0.4, 0.5) is 0 Å². The number of rotatable bonds is 4. The molecule has 11 heavy (non-hydrogen) atoms. The summed E-state index contributed by atoms with van der Waals surface area (Å²) in [5.74, 6) is -0.328. The van der Waals surface area contributed by atoms with E-state index in [1.165, 1.54) is 6.92 Å². The van der Waals surface area contributed by atoms with Gasteiger partial charge in [0.05, 0.1) is 5.75 Å². The van der Waals surface area contributed by atoms with Gasteiger partial charge in [-0.25, -0.2) is 8.42 Å². The van der Waals surface area contributed by atoms with E-state index in [0.29, 0.717) is 0 Å². The van der Waals surface area contributed by atoms with Crippen LogP contribution in [0.25, 0.3) is 0 Å². The van der Waals surface area contributed by atoms with Gasteiger partial charge < -0.3 is 0 Å². The van der Waals surface area contributed by atoms with E-state index in [4.69, 9.17) is 0 Å². The number of hydrogen-bond donors (Lipinski definition) is 0. The maximum Gasteiger partial charge on any atom is 0.150 e. The highest BCUT2D eigenvalue weighted by Crippen LogP contribution is 2.02. The molecule has 1 atom stereocenters. The summed E-state index contributed by atoms with van der Waals surface area (Å²) in [6.45, 7) is 4.63. The third-order valence-electron chi connectivity index (χ3n) is 1.64. The van der Waals surface area contributed by atoms with Crippen LogP contribution in [-0.4, -0.2) is 25.7 Å². The van der Waals surface area contributed by atoms with Crippen LogP contribution in [0.2, 0.25) is 0 Å². The van der Waals surface area contributed by atoms with Crippen molar-refractivity contribution in [1.29, 1.82) is 0 Å². The molecule has 0 aromatic heterocycles. The fourth-order valence-corrected chi connectivity index (χ4v) is 1.85. The second-order valence-corrected chi connectivity index (χ2v) is 5.11. The van der Waals surface area contributed by atoms with Gasteiger partial charge >= 0.3 is 0 Å². The molecule has 0 aromatic carbocycles. The van der Waals surface area contributed by atoms with Crippen molar-refractivity contribution in [3.05, 3.63) is 0 Å². The number of hydrogen-bond acceptors (Lipinski definition) is 3. The summed E-state index contributed by atoms with van der Waals surface area (Å²) >= 11 is 0. The average Bonchev–Trinajstić information content (AvgIpc) is 1.87. The molecular weight excluding hydrogens is 164 g/mol. The lowest BCUT2D eigenvalue weighted by Gasteiger charge is -2.05. The lowest BCUT2D eigenvalue weighted by molar-refractivity contribution is -0.119. The Balaban J connectivity index is 4.16. The Kier molecular flexibility index (Phi) is 3.72. The zero-order valence-corrected chi connectivity index (χ0v) is 7.94.